The van der Waals surface area contributed by atoms with Gasteiger partial charge in [-0.25, -0.2) is 9.97 Å². The maximum Gasteiger partial charge on any atom is 0.133 e. The van der Waals surface area contributed by atoms with Crippen LogP contribution in [0.15, 0.2) is 18.5 Å². The van der Waals surface area contributed by atoms with Crippen molar-refractivity contribution in [2.24, 2.45) is 0 Å². The first-order valence-electron chi connectivity index (χ1n) is 4.60. The Morgan fingerprint density at radius 1 is 1.31 bits per heavy atom. The molecular formula is C10H14N2O. The number of hydrogen-bond acceptors (Lipinski definition) is 3. The lowest BCUT2D eigenvalue weighted by molar-refractivity contribution is -0.119. The van der Waals surface area contributed by atoms with E-state index in [1.165, 1.54) is 0 Å². The number of aryl methyl sites for hydroxylation is 1. The molecule has 0 aromatic carbocycles. The zero-order valence-corrected chi connectivity index (χ0v) is 7.86. The highest BCUT2D eigenvalue weighted by molar-refractivity contribution is 5.78. The number of aromatic nitrogens is 2. The molecule has 0 aliphatic rings. The maximum atomic E-state index is 11.2. The monoisotopic (exact) mass is 178 g/mol. The van der Waals surface area contributed by atoms with Crippen molar-refractivity contribution in [2.75, 3.05) is 0 Å². The molecule has 1 aromatic heterocycles. The standard InChI is InChI=1S/C10H14N2O/c1-2-4-9(13)5-6-10-11-7-3-8-12-10/h3,7-8H,2,4-6H2,1H3. The summed E-state index contributed by atoms with van der Waals surface area (Å²) in [6.07, 6.45) is 6.23. The average molecular weight is 178 g/mol. The Hall–Kier alpha value is -1.25. The van der Waals surface area contributed by atoms with Gasteiger partial charge in [0.2, 0.25) is 0 Å². The first kappa shape index (κ1) is 9.84. The van der Waals surface area contributed by atoms with Crippen molar-refractivity contribution in [2.45, 2.75) is 32.6 Å². The molecule has 70 valence electrons. The molecule has 0 N–H and O–H groups in total. The summed E-state index contributed by atoms with van der Waals surface area (Å²) in [5.74, 6) is 1.06. The van der Waals surface area contributed by atoms with Crippen LogP contribution >= 0.6 is 0 Å². The lowest BCUT2D eigenvalue weighted by Gasteiger charge is -1.97. The predicted octanol–water partition coefficient (Wildman–Crippen LogP) is 1.78. The Morgan fingerprint density at radius 2 is 2.00 bits per heavy atom. The molecule has 0 radical (unpaired) electrons. The summed E-state index contributed by atoms with van der Waals surface area (Å²) in [6, 6.07) is 1.78. The number of rotatable bonds is 5. The van der Waals surface area contributed by atoms with Gasteiger partial charge in [0, 0.05) is 31.7 Å². The van der Waals surface area contributed by atoms with Gasteiger partial charge in [0.05, 0.1) is 0 Å². The van der Waals surface area contributed by atoms with Gasteiger partial charge >= 0.3 is 0 Å². The fraction of sp³-hybridized carbons (Fsp3) is 0.500. The summed E-state index contributed by atoms with van der Waals surface area (Å²) in [6.45, 7) is 2.01. The van der Waals surface area contributed by atoms with Gasteiger partial charge in [-0.1, -0.05) is 6.92 Å². The van der Waals surface area contributed by atoms with Crippen molar-refractivity contribution in [3.8, 4) is 0 Å². The van der Waals surface area contributed by atoms with Gasteiger partial charge < -0.3 is 0 Å². The minimum Gasteiger partial charge on any atom is -0.300 e. The van der Waals surface area contributed by atoms with E-state index in [0.717, 1.165) is 12.2 Å². The molecular weight excluding hydrogens is 164 g/mol. The highest BCUT2D eigenvalue weighted by Gasteiger charge is 2.01. The van der Waals surface area contributed by atoms with E-state index in [4.69, 9.17) is 0 Å². The van der Waals surface area contributed by atoms with Crippen molar-refractivity contribution in [1.82, 2.24) is 9.97 Å². The maximum absolute atomic E-state index is 11.2. The summed E-state index contributed by atoms with van der Waals surface area (Å²) in [4.78, 5) is 19.3. The molecule has 13 heavy (non-hydrogen) atoms. The smallest absolute Gasteiger partial charge is 0.133 e. The number of carbonyl (C=O) groups is 1. The van der Waals surface area contributed by atoms with Crippen LogP contribution < -0.4 is 0 Å². The topological polar surface area (TPSA) is 42.9 Å². The van der Waals surface area contributed by atoms with Crippen molar-refractivity contribution in [1.29, 1.82) is 0 Å². The second-order valence-corrected chi connectivity index (χ2v) is 2.95. The highest BCUT2D eigenvalue weighted by atomic mass is 16.1. The van der Waals surface area contributed by atoms with Crippen LogP contribution in [0.25, 0.3) is 0 Å². The number of hydrogen-bond donors (Lipinski definition) is 0. The summed E-state index contributed by atoms with van der Waals surface area (Å²) >= 11 is 0. The molecule has 0 fully saturated rings. The minimum absolute atomic E-state index is 0.301. The summed E-state index contributed by atoms with van der Waals surface area (Å²) < 4.78 is 0. The SMILES string of the molecule is CCCC(=O)CCc1ncccn1. The summed E-state index contributed by atoms with van der Waals surface area (Å²) in [5.41, 5.74) is 0. The Bertz CT molecular complexity index is 259. The number of ketones is 1. The van der Waals surface area contributed by atoms with E-state index < -0.39 is 0 Å². The lowest BCUT2D eigenvalue weighted by Crippen LogP contribution is -2.01. The van der Waals surface area contributed by atoms with E-state index in [1.807, 2.05) is 6.92 Å². The largest absolute Gasteiger partial charge is 0.300 e. The van der Waals surface area contributed by atoms with Gasteiger partial charge in [0.25, 0.3) is 0 Å². The van der Waals surface area contributed by atoms with Gasteiger partial charge in [-0.2, -0.15) is 0 Å². The third-order valence-corrected chi connectivity index (χ3v) is 1.78. The highest BCUT2D eigenvalue weighted by Crippen LogP contribution is 1.99. The third kappa shape index (κ3) is 3.78. The molecule has 0 saturated heterocycles. The Morgan fingerprint density at radius 3 is 2.62 bits per heavy atom. The molecule has 0 unspecified atom stereocenters. The first-order chi connectivity index (χ1) is 6.33. The van der Waals surface area contributed by atoms with Crippen LogP contribution in [0, 0.1) is 0 Å². The predicted molar refractivity (Wildman–Crippen MR) is 50.3 cm³/mol. The Kier molecular flexibility index (Phi) is 4.09. The molecule has 3 nitrogen and oxygen atoms in total. The lowest BCUT2D eigenvalue weighted by atomic mass is 10.1. The summed E-state index contributed by atoms with van der Waals surface area (Å²) in [5, 5.41) is 0. The van der Waals surface area contributed by atoms with Crippen LogP contribution in [0.4, 0.5) is 0 Å². The third-order valence-electron chi connectivity index (χ3n) is 1.78. The molecule has 1 aromatic rings. The Labute approximate surface area is 78.2 Å². The number of carbonyl (C=O) groups excluding carboxylic acids is 1. The van der Waals surface area contributed by atoms with Gasteiger partial charge in [-0.3, -0.25) is 4.79 Å². The zero-order valence-electron chi connectivity index (χ0n) is 7.86. The van der Waals surface area contributed by atoms with E-state index >= 15 is 0 Å². The molecule has 0 aliphatic carbocycles. The van der Waals surface area contributed by atoms with Gasteiger partial charge in [0.15, 0.2) is 0 Å². The second-order valence-electron chi connectivity index (χ2n) is 2.95. The van der Waals surface area contributed by atoms with Crippen LogP contribution in [0.3, 0.4) is 0 Å². The number of Topliss-reactive ketones (excluding diaryl/α,β-unsaturated/α-hetero) is 1. The van der Waals surface area contributed by atoms with Gasteiger partial charge in [0.1, 0.15) is 11.6 Å². The van der Waals surface area contributed by atoms with Crippen molar-refractivity contribution < 1.29 is 4.79 Å². The Balaban J connectivity index is 2.31. The zero-order chi connectivity index (χ0) is 9.52. The van der Waals surface area contributed by atoms with Crippen molar-refractivity contribution >= 4 is 5.78 Å². The molecule has 0 atom stereocenters. The van der Waals surface area contributed by atoms with E-state index in [2.05, 4.69) is 9.97 Å². The molecule has 3 heteroatoms. The fourth-order valence-electron chi connectivity index (χ4n) is 1.11. The second kappa shape index (κ2) is 5.41. The molecule has 0 bridgehead atoms. The van der Waals surface area contributed by atoms with Crippen LogP contribution in [-0.2, 0) is 11.2 Å². The quantitative estimate of drug-likeness (QED) is 0.690. The number of nitrogens with zero attached hydrogens (tertiary/aromatic N) is 2. The normalized spacial score (nSPS) is 9.92. The van der Waals surface area contributed by atoms with Crippen LogP contribution in [0.2, 0.25) is 0 Å². The van der Waals surface area contributed by atoms with Crippen molar-refractivity contribution in [3.63, 3.8) is 0 Å². The minimum atomic E-state index is 0.301. The average Bonchev–Trinajstić information content (AvgIpc) is 2.17. The molecule has 0 amide bonds. The molecule has 0 aliphatic heterocycles. The van der Waals surface area contributed by atoms with E-state index in [-0.39, 0.29) is 0 Å². The van der Waals surface area contributed by atoms with E-state index in [9.17, 15) is 4.79 Å². The van der Waals surface area contributed by atoms with Crippen molar-refractivity contribution in [3.05, 3.63) is 24.3 Å². The molecule has 1 heterocycles. The van der Waals surface area contributed by atoms with Gasteiger partial charge in [-0.15, -0.1) is 0 Å². The summed E-state index contributed by atoms with van der Waals surface area (Å²) in [7, 11) is 0. The van der Waals surface area contributed by atoms with Crippen LogP contribution in [0.1, 0.15) is 32.0 Å². The van der Waals surface area contributed by atoms with Gasteiger partial charge in [-0.05, 0) is 12.5 Å². The molecule has 0 saturated carbocycles. The first-order valence-corrected chi connectivity index (χ1v) is 4.60. The van der Waals surface area contributed by atoms with Crippen LogP contribution in [-0.4, -0.2) is 15.8 Å². The fourth-order valence-corrected chi connectivity index (χ4v) is 1.11. The van der Waals surface area contributed by atoms with E-state index in [0.29, 0.717) is 25.0 Å². The molecule has 0 spiro atoms. The molecule has 1 rings (SSSR count). The van der Waals surface area contributed by atoms with Crippen LogP contribution in [0.5, 0.6) is 0 Å². The van der Waals surface area contributed by atoms with E-state index in [1.54, 1.807) is 18.5 Å².